The number of hydrogen-bond donors (Lipinski definition) is 2. The minimum Gasteiger partial charge on any atom is -0.478 e. The second kappa shape index (κ2) is 4.86. The summed E-state index contributed by atoms with van der Waals surface area (Å²) in [6.45, 7) is 5.02. The van der Waals surface area contributed by atoms with E-state index in [0.29, 0.717) is 0 Å². The number of carbonyl (C=O) groups excluding carboxylic acids is 1. The van der Waals surface area contributed by atoms with Gasteiger partial charge in [0.25, 0.3) is 0 Å². The van der Waals surface area contributed by atoms with Crippen LogP contribution >= 0.6 is 11.6 Å². The summed E-state index contributed by atoms with van der Waals surface area (Å²) in [6, 6.07) is 2.55. The van der Waals surface area contributed by atoms with Crippen molar-refractivity contribution < 1.29 is 19.4 Å². The zero-order valence-electron chi connectivity index (χ0n) is 10.3. The summed E-state index contributed by atoms with van der Waals surface area (Å²) in [5, 5.41) is 9.13. The van der Waals surface area contributed by atoms with Gasteiger partial charge in [-0.2, -0.15) is 0 Å². The van der Waals surface area contributed by atoms with E-state index in [1.807, 2.05) is 0 Å². The van der Waals surface area contributed by atoms with Crippen LogP contribution in [0.5, 0.6) is 0 Å². The van der Waals surface area contributed by atoms with Crippen molar-refractivity contribution in [2.75, 3.05) is 5.73 Å². The van der Waals surface area contributed by atoms with Gasteiger partial charge in [-0.1, -0.05) is 11.6 Å². The van der Waals surface area contributed by atoms with Crippen LogP contribution in [0.25, 0.3) is 0 Å². The number of ether oxygens (including phenoxy) is 1. The van der Waals surface area contributed by atoms with Gasteiger partial charge >= 0.3 is 11.9 Å². The maximum atomic E-state index is 11.9. The summed E-state index contributed by atoms with van der Waals surface area (Å²) in [7, 11) is 0. The molecule has 0 unspecified atom stereocenters. The maximum Gasteiger partial charge on any atom is 0.341 e. The van der Waals surface area contributed by atoms with Crippen LogP contribution in [-0.2, 0) is 4.74 Å². The monoisotopic (exact) mass is 271 g/mol. The lowest BCUT2D eigenvalue weighted by atomic mass is 10.0. The number of hydrogen-bond acceptors (Lipinski definition) is 4. The van der Waals surface area contributed by atoms with E-state index in [4.69, 9.17) is 27.2 Å². The second-order valence-electron chi connectivity index (χ2n) is 4.69. The summed E-state index contributed by atoms with van der Waals surface area (Å²) < 4.78 is 5.11. The molecule has 0 spiro atoms. The average molecular weight is 272 g/mol. The number of carboxylic acids is 1. The smallest absolute Gasteiger partial charge is 0.341 e. The Morgan fingerprint density at radius 3 is 2.33 bits per heavy atom. The summed E-state index contributed by atoms with van der Waals surface area (Å²) in [5.74, 6) is -2.07. The number of halogens is 1. The fourth-order valence-electron chi connectivity index (χ4n) is 1.32. The van der Waals surface area contributed by atoms with Gasteiger partial charge in [0.05, 0.1) is 21.8 Å². The fraction of sp³-hybridized carbons (Fsp3) is 0.333. The number of nitrogen functional groups attached to an aromatic ring is 1. The number of anilines is 1. The quantitative estimate of drug-likeness (QED) is 0.637. The van der Waals surface area contributed by atoms with E-state index in [9.17, 15) is 9.59 Å². The van der Waals surface area contributed by atoms with Gasteiger partial charge in [0.15, 0.2) is 0 Å². The molecular formula is C12H14ClNO4. The molecule has 0 aromatic heterocycles. The first-order chi connectivity index (χ1) is 8.13. The van der Waals surface area contributed by atoms with Crippen LogP contribution in [0.2, 0.25) is 5.02 Å². The molecule has 5 nitrogen and oxygen atoms in total. The van der Waals surface area contributed by atoms with Crippen molar-refractivity contribution in [2.45, 2.75) is 26.4 Å². The third kappa shape index (κ3) is 3.13. The number of carboxylic acid groups (broad SMARTS) is 1. The molecule has 18 heavy (non-hydrogen) atoms. The number of esters is 1. The van der Waals surface area contributed by atoms with Crippen molar-refractivity contribution in [3.63, 3.8) is 0 Å². The molecule has 0 heterocycles. The molecule has 0 fully saturated rings. The van der Waals surface area contributed by atoms with Gasteiger partial charge < -0.3 is 15.6 Å². The molecule has 1 rings (SSSR count). The van der Waals surface area contributed by atoms with Crippen LogP contribution in [0.3, 0.4) is 0 Å². The van der Waals surface area contributed by atoms with Crippen molar-refractivity contribution >= 4 is 29.2 Å². The van der Waals surface area contributed by atoms with Gasteiger partial charge in [-0.15, -0.1) is 0 Å². The summed E-state index contributed by atoms with van der Waals surface area (Å²) in [6.07, 6.45) is 0. The molecule has 98 valence electrons. The van der Waals surface area contributed by atoms with Crippen LogP contribution < -0.4 is 5.73 Å². The molecule has 3 N–H and O–H groups in total. The highest BCUT2D eigenvalue weighted by Gasteiger charge is 2.26. The van der Waals surface area contributed by atoms with Gasteiger partial charge in [0.1, 0.15) is 5.60 Å². The molecule has 0 radical (unpaired) electrons. The first-order valence-corrected chi connectivity index (χ1v) is 5.56. The number of benzene rings is 1. The van der Waals surface area contributed by atoms with Gasteiger partial charge in [-0.3, -0.25) is 0 Å². The SMILES string of the molecule is CC(C)(C)OC(=O)c1c(C(=O)O)ccc(Cl)c1N. The molecule has 0 saturated carbocycles. The van der Waals surface area contributed by atoms with Crippen LogP contribution in [0.4, 0.5) is 5.69 Å². The fourth-order valence-corrected chi connectivity index (χ4v) is 1.48. The lowest BCUT2D eigenvalue weighted by Gasteiger charge is -2.21. The normalized spacial score (nSPS) is 11.1. The molecule has 0 bridgehead atoms. The molecule has 1 aromatic rings. The zero-order valence-corrected chi connectivity index (χ0v) is 11.0. The molecule has 0 atom stereocenters. The van der Waals surface area contributed by atoms with Crippen LogP contribution in [0.15, 0.2) is 12.1 Å². The average Bonchev–Trinajstić information content (AvgIpc) is 2.18. The Morgan fingerprint density at radius 2 is 1.89 bits per heavy atom. The summed E-state index contributed by atoms with van der Waals surface area (Å²) in [4.78, 5) is 23.0. The standard InChI is InChI=1S/C12H14ClNO4/c1-12(2,3)18-11(17)8-6(10(15)16)4-5-7(13)9(8)14/h4-5H,14H2,1-3H3,(H,15,16). The zero-order chi connectivity index (χ0) is 14.1. The highest BCUT2D eigenvalue weighted by Crippen LogP contribution is 2.28. The molecule has 0 aliphatic carbocycles. The highest BCUT2D eigenvalue weighted by molar-refractivity contribution is 6.34. The Kier molecular flexibility index (Phi) is 3.86. The Labute approximate surface area is 109 Å². The first-order valence-electron chi connectivity index (χ1n) is 5.18. The number of aromatic carboxylic acids is 1. The maximum absolute atomic E-state index is 11.9. The van der Waals surface area contributed by atoms with Crippen molar-refractivity contribution in [2.24, 2.45) is 0 Å². The van der Waals surface area contributed by atoms with E-state index < -0.39 is 17.5 Å². The van der Waals surface area contributed by atoms with Crippen LogP contribution in [0.1, 0.15) is 41.5 Å². The van der Waals surface area contributed by atoms with E-state index >= 15 is 0 Å². The predicted molar refractivity (Wildman–Crippen MR) is 68.0 cm³/mol. The molecule has 0 saturated heterocycles. The van der Waals surface area contributed by atoms with E-state index in [2.05, 4.69) is 0 Å². The van der Waals surface area contributed by atoms with Gasteiger partial charge in [-0.05, 0) is 32.9 Å². The molecule has 0 aliphatic heterocycles. The Hall–Kier alpha value is -1.75. The first kappa shape index (κ1) is 14.3. The van der Waals surface area contributed by atoms with Crippen molar-refractivity contribution in [3.05, 3.63) is 28.3 Å². The van der Waals surface area contributed by atoms with Gasteiger partial charge in [0.2, 0.25) is 0 Å². The largest absolute Gasteiger partial charge is 0.478 e. The van der Waals surface area contributed by atoms with Gasteiger partial charge in [0, 0.05) is 0 Å². The summed E-state index contributed by atoms with van der Waals surface area (Å²) in [5.41, 5.74) is 4.36. The molecule has 0 amide bonds. The minimum absolute atomic E-state index is 0.0918. The summed E-state index contributed by atoms with van der Waals surface area (Å²) >= 11 is 5.78. The van der Waals surface area contributed by atoms with E-state index in [0.717, 1.165) is 0 Å². The number of nitrogens with two attached hydrogens (primary N) is 1. The number of carbonyl (C=O) groups is 2. The lowest BCUT2D eigenvalue weighted by molar-refractivity contribution is 0.00671. The van der Waals surface area contributed by atoms with Crippen molar-refractivity contribution in [1.82, 2.24) is 0 Å². The molecule has 0 aliphatic rings. The van der Waals surface area contributed by atoms with Crippen LogP contribution in [-0.4, -0.2) is 22.6 Å². The van der Waals surface area contributed by atoms with Crippen LogP contribution in [0, 0.1) is 0 Å². The Bertz CT molecular complexity index is 506. The molecule has 6 heteroatoms. The third-order valence-electron chi connectivity index (χ3n) is 2.03. The Morgan fingerprint density at radius 1 is 1.33 bits per heavy atom. The van der Waals surface area contributed by atoms with Gasteiger partial charge in [-0.25, -0.2) is 9.59 Å². The lowest BCUT2D eigenvalue weighted by Crippen LogP contribution is -2.26. The third-order valence-corrected chi connectivity index (χ3v) is 2.36. The predicted octanol–water partition coefficient (Wildman–Crippen LogP) is 2.58. The molecule has 1 aromatic carbocycles. The molecular weight excluding hydrogens is 258 g/mol. The highest BCUT2D eigenvalue weighted by atomic mass is 35.5. The Balaban J connectivity index is 3.33. The van der Waals surface area contributed by atoms with E-state index in [-0.39, 0.29) is 21.8 Å². The number of rotatable bonds is 2. The van der Waals surface area contributed by atoms with Crippen molar-refractivity contribution in [1.29, 1.82) is 0 Å². The van der Waals surface area contributed by atoms with E-state index in [1.54, 1.807) is 20.8 Å². The van der Waals surface area contributed by atoms with Crippen molar-refractivity contribution in [3.8, 4) is 0 Å². The van der Waals surface area contributed by atoms with E-state index in [1.165, 1.54) is 12.1 Å². The topological polar surface area (TPSA) is 89.6 Å². The second-order valence-corrected chi connectivity index (χ2v) is 5.10. The minimum atomic E-state index is -1.26.